The molecule has 5 nitrogen and oxygen atoms in total. The molecule has 0 radical (unpaired) electrons. The second kappa shape index (κ2) is 5.00. The Balaban J connectivity index is 1.72. The van der Waals surface area contributed by atoms with Crippen LogP contribution in [0.5, 0.6) is 0 Å². The van der Waals surface area contributed by atoms with Crippen molar-refractivity contribution in [3.63, 3.8) is 0 Å². The Kier molecular flexibility index (Phi) is 3.12. The third-order valence-electron chi connectivity index (χ3n) is 5.12. The van der Waals surface area contributed by atoms with E-state index in [1.54, 1.807) is 0 Å². The molecule has 21 heavy (non-hydrogen) atoms. The van der Waals surface area contributed by atoms with Crippen LogP contribution in [0, 0.1) is 5.92 Å². The van der Waals surface area contributed by atoms with Crippen LogP contribution < -0.4 is 5.73 Å². The summed E-state index contributed by atoms with van der Waals surface area (Å²) in [5.74, 6) is 0.639. The molecule has 5 rings (SSSR count). The number of hydrazone groups is 1. The molecule has 4 heterocycles. The minimum atomic E-state index is 0.139. The van der Waals surface area contributed by atoms with Crippen LogP contribution in [0.3, 0.4) is 0 Å². The van der Waals surface area contributed by atoms with Gasteiger partial charge >= 0.3 is 0 Å². The van der Waals surface area contributed by atoms with Gasteiger partial charge in [0.05, 0.1) is 30.9 Å². The molecule has 3 N–H and O–H groups in total. The van der Waals surface area contributed by atoms with Crippen LogP contribution >= 0.6 is 0 Å². The molecule has 3 saturated heterocycles. The average Bonchev–Trinajstić information content (AvgIpc) is 2.91. The molecule has 4 aliphatic rings. The quantitative estimate of drug-likeness (QED) is 0.816. The summed E-state index contributed by atoms with van der Waals surface area (Å²) in [6.45, 7) is 3.08. The topological polar surface area (TPSA) is 65.1 Å². The molecular formula is C16H22N4O. The molecule has 3 fully saturated rings. The van der Waals surface area contributed by atoms with Crippen LogP contribution in [-0.4, -0.2) is 53.0 Å². The van der Waals surface area contributed by atoms with Gasteiger partial charge in [0.2, 0.25) is 0 Å². The molecule has 0 saturated carbocycles. The highest BCUT2D eigenvalue weighted by Crippen LogP contribution is 2.43. The molecule has 0 aliphatic carbocycles. The molecule has 0 spiro atoms. The van der Waals surface area contributed by atoms with E-state index in [0.717, 1.165) is 5.69 Å². The van der Waals surface area contributed by atoms with E-state index in [-0.39, 0.29) is 12.6 Å². The highest BCUT2D eigenvalue weighted by molar-refractivity contribution is 5.95. The van der Waals surface area contributed by atoms with Crippen molar-refractivity contribution in [2.75, 3.05) is 32.0 Å². The molecule has 2 atom stereocenters. The summed E-state index contributed by atoms with van der Waals surface area (Å²) in [4.78, 5) is 2.57. The van der Waals surface area contributed by atoms with Gasteiger partial charge in [0.1, 0.15) is 0 Å². The number of β-amino-alcohol motifs (C(OH)–C–C–N with tert-alkyl or cyclic N) is 1. The zero-order chi connectivity index (χ0) is 14.4. The summed E-state index contributed by atoms with van der Waals surface area (Å²) in [5.41, 5.74) is 9.19. The predicted molar refractivity (Wildman–Crippen MR) is 82.9 cm³/mol. The van der Waals surface area contributed by atoms with Crippen molar-refractivity contribution in [1.82, 2.24) is 9.91 Å². The third kappa shape index (κ3) is 2.03. The Morgan fingerprint density at radius 3 is 2.52 bits per heavy atom. The van der Waals surface area contributed by atoms with E-state index in [2.05, 4.69) is 22.0 Å². The SMILES string of the molecule is Nc1ccc(C2C3C(=NN2CCO)C2CCN3CC2)cc1. The van der Waals surface area contributed by atoms with Crippen molar-refractivity contribution in [2.24, 2.45) is 11.0 Å². The Labute approximate surface area is 125 Å². The number of anilines is 1. The zero-order valence-corrected chi connectivity index (χ0v) is 12.2. The number of benzene rings is 1. The monoisotopic (exact) mass is 286 g/mol. The fourth-order valence-electron chi connectivity index (χ4n) is 4.12. The molecule has 1 aromatic rings. The number of aliphatic hydroxyl groups is 1. The van der Waals surface area contributed by atoms with Crippen LogP contribution in [0.25, 0.3) is 0 Å². The standard InChI is InChI=1S/C16H22N4O/c17-13-3-1-12(2-4-13)15-16-14(18-20(15)9-10-21)11-5-7-19(16)8-6-11/h1-4,11,15-16,21H,5-10,17H2. The van der Waals surface area contributed by atoms with Gasteiger partial charge < -0.3 is 10.8 Å². The molecule has 5 heteroatoms. The number of nitrogen functional groups attached to an aromatic ring is 1. The van der Waals surface area contributed by atoms with E-state index in [9.17, 15) is 5.11 Å². The van der Waals surface area contributed by atoms with E-state index >= 15 is 0 Å². The van der Waals surface area contributed by atoms with Gasteiger partial charge in [0, 0.05) is 11.6 Å². The average molecular weight is 286 g/mol. The van der Waals surface area contributed by atoms with Gasteiger partial charge in [-0.05, 0) is 43.6 Å². The van der Waals surface area contributed by atoms with Crippen LogP contribution in [0.2, 0.25) is 0 Å². The highest BCUT2D eigenvalue weighted by atomic mass is 16.3. The Morgan fingerprint density at radius 1 is 1.14 bits per heavy atom. The number of hydrogen-bond acceptors (Lipinski definition) is 5. The van der Waals surface area contributed by atoms with E-state index in [1.165, 1.54) is 37.2 Å². The minimum Gasteiger partial charge on any atom is -0.399 e. The minimum absolute atomic E-state index is 0.139. The lowest BCUT2D eigenvalue weighted by Crippen LogP contribution is -2.56. The van der Waals surface area contributed by atoms with Crippen molar-refractivity contribution in [3.8, 4) is 0 Å². The van der Waals surface area contributed by atoms with Gasteiger partial charge in [-0.15, -0.1) is 0 Å². The fourth-order valence-corrected chi connectivity index (χ4v) is 4.12. The smallest absolute Gasteiger partial charge is 0.0930 e. The van der Waals surface area contributed by atoms with E-state index in [0.29, 0.717) is 18.5 Å². The zero-order valence-electron chi connectivity index (χ0n) is 12.2. The van der Waals surface area contributed by atoms with Crippen LogP contribution in [-0.2, 0) is 0 Å². The first-order valence-electron chi connectivity index (χ1n) is 7.83. The maximum atomic E-state index is 9.37. The normalized spacial score (nSPS) is 34.0. The van der Waals surface area contributed by atoms with Crippen molar-refractivity contribution in [3.05, 3.63) is 29.8 Å². The Hall–Kier alpha value is -1.59. The Bertz CT molecular complexity index is 548. The van der Waals surface area contributed by atoms with E-state index in [4.69, 9.17) is 10.8 Å². The first kappa shape index (κ1) is 13.1. The van der Waals surface area contributed by atoms with Gasteiger partial charge in [-0.2, -0.15) is 5.10 Å². The summed E-state index contributed by atoms with van der Waals surface area (Å²) >= 11 is 0. The largest absolute Gasteiger partial charge is 0.399 e. The number of fused-ring (bicyclic) bond motifs is 2. The molecule has 0 amide bonds. The van der Waals surface area contributed by atoms with E-state index in [1.807, 2.05) is 12.1 Å². The number of nitrogens with zero attached hydrogens (tertiary/aromatic N) is 3. The van der Waals surface area contributed by atoms with Gasteiger partial charge in [0.25, 0.3) is 0 Å². The second-order valence-electron chi connectivity index (χ2n) is 6.28. The molecular weight excluding hydrogens is 264 g/mol. The van der Waals surface area contributed by atoms with Gasteiger partial charge in [-0.25, -0.2) is 0 Å². The number of hydrogen-bond donors (Lipinski definition) is 2. The second-order valence-corrected chi connectivity index (χ2v) is 6.28. The third-order valence-corrected chi connectivity index (χ3v) is 5.12. The van der Waals surface area contributed by atoms with Gasteiger partial charge in [-0.3, -0.25) is 9.91 Å². The number of rotatable bonds is 3. The van der Waals surface area contributed by atoms with Crippen molar-refractivity contribution < 1.29 is 5.11 Å². The summed E-state index contributed by atoms with van der Waals surface area (Å²) < 4.78 is 0. The number of piperidine rings is 3. The number of nitrogens with two attached hydrogens (primary N) is 1. The van der Waals surface area contributed by atoms with E-state index < -0.39 is 0 Å². The van der Waals surface area contributed by atoms with Gasteiger partial charge in [0.15, 0.2) is 0 Å². The molecule has 0 aromatic heterocycles. The van der Waals surface area contributed by atoms with Crippen molar-refractivity contribution in [1.29, 1.82) is 0 Å². The lowest BCUT2D eigenvalue weighted by molar-refractivity contribution is 0.0874. The first-order chi connectivity index (χ1) is 10.3. The molecule has 4 aliphatic heterocycles. The Morgan fingerprint density at radius 2 is 1.86 bits per heavy atom. The first-order valence-corrected chi connectivity index (χ1v) is 7.83. The lowest BCUT2D eigenvalue weighted by atomic mass is 9.78. The summed E-state index contributed by atoms with van der Waals surface area (Å²) in [6.07, 6.45) is 2.47. The molecule has 1 aromatic carbocycles. The highest BCUT2D eigenvalue weighted by Gasteiger charge is 2.49. The van der Waals surface area contributed by atoms with Crippen molar-refractivity contribution in [2.45, 2.75) is 24.9 Å². The molecule has 2 bridgehead atoms. The summed E-state index contributed by atoms with van der Waals surface area (Å²) in [7, 11) is 0. The summed E-state index contributed by atoms with van der Waals surface area (Å²) in [5, 5.41) is 16.3. The maximum Gasteiger partial charge on any atom is 0.0930 e. The lowest BCUT2D eigenvalue weighted by Gasteiger charge is -2.46. The van der Waals surface area contributed by atoms with Crippen LogP contribution in [0.4, 0.5) is 5.69 Å². The maximum absolute atomic E-state index is 9.37. The number of aliphatic hydroxyl groups excluding tert-OH is 1. The van der Waals surface area contributed by atoms with Crippen LogP contribution in [0.15, 0.2) is 29.4 Å². The molecule has 112 valence electrons. The van der Waals surface area contributed by atoms with Crippen molar-refractivity contribution >= 4 is 11.4 Å². The molecule has 2 unspecified atom stereocenters. The van der Waals surface area contributed by atoms with Gasteiger partial charge in [-0.1, -0.05) is 12.1 Å². The van der Waals surface area contributed by atoms with Crippen LogP contribution in [0.1, 0.15) is 24.4 Å². The predicted octanol–water partition coefficient (Wildman–Crippen LogP) is 1.07. The fraction of sp³-hybridized carbons (Fsp3) is 0.562. The summed E-state index contributed by atoms with van der Waals surface area (Å²) in [6, 6.07) is 8.73.